The predicted octanol–water partition coefficient (Wildman–Crippen LogP) is 2.21. The lowest BCUT2D eigenvalue weighted by atomic mass is 10.1. The fraction of sp³-hybridized carbons (Fsp3) is 0.429. The molecule has 0 fully saturated rings. The molecule has 2 aromatic rings. The maximum absolute atomic E-state index is 11.6. The van der Waals surface area contributed by atoms with Gasteiger partial charge in [-0.05, 0) is 39.0 Å². The Morgan fingerprint density at radius 1 is 1.35 bits per heavy atom. The van der Waals surface area contributed by atoms with Crippen molar-refractivity contribution in [2.75, 3.05) is 6.26 Å². The Kier molecular flexibility index (Phi) is 3.34. The summed E-state index contributed by atoms with van der Waals surface area (Å²) in [5.41, 5.74) is 1.72. The second kappa shape index (κ2) is 4.60. The second-order valence-corrected chi connectivity index (χ2v) is 8.06. The van der Waals surface area contributed by atoms with E-state index in [0.29, 0.717) is 16.9 Å². The SMILES string of the molecule is CC(C)(C)n1c(CS(C)(=O)=O)nc2cc(C#N)ccc21. The first-order chi connectivity index (χ1) is 9.12. The third-order valence-electron chi connectivity index (χ3n) is 2.92. The van der Waals surface area contributed by atoms with E-state index in [-0.39, 0.29) is 11.3 Å². The van der Waals surface area contributed by atoms with Crippen molar-refractivity contribution < 1.29 is 8.42 Å². The monoisotopic (exact) mass is 291 g/mol. The quantitative estimate of drug-likeness (QED) is 0.850. The Balaban J connectivity index is 2.76. The highest BCUT2D eigenvalue weighted by molar-refractivity contribution is 7.89. The number of imidazole rings is 1. The molecule has 0 spiro atoms. The van der Waals surface area contributed by atoms with Crippen LogP contribution in [0, 0.1) is 11.3 Å². The number of aromatic nitrogens is 2. The van der Waals surface area contributed by atoms with Crippen LogP contribution in [0.4, 0.5) is 0 Å². The Morgan fingerprint density at radius 2 is 2.00 bits per heavy atom. The van der Waals surface area contributed by atoms with Crippen LogP contribution in [0.2, 0.25) is 0 Å². The van der Waals surface area contributed by atoms with Gasteiger partial charge in [-0.1, -0.05) is 0 Å². The van der Waals surface area contributed by atoms with Gasteiger partial charge in [-0.25, -0.2) is 13.4 Å². The van der Waals surface area contributed by atoms with E-state index in [1.165, 1.54) is 6.26 Å². The van der Waals surface area contributed by atoms with E-state index in [1.54, 1.807) is 12.1 Å². The van der Waals surface area contributed by atoms with E-state index in [1.807, 2.05) is 31.4 Å². The highest BCUT2D eigenvalue weighted by atomic mass is 32.2. The molecule has 20 heavy (non-hydrogen) atoms. The number of nitrogens with zero attached hydrogens (tertiary/aromatic N) is 3. The maximum atomic E-state index is 11.6. The van der Waals surface area contributed by atoms with Crippen LogP contribution in [-0.4, -0.2) is 24.2 Å². The predicted molar refractivity (Wildman–Crippen MR) is 78.0 cm³/mol. The molecular weight excluding hydrogens is 274 g/mol. The number of sulfone groups is 1. The van der Waals surface area contributed by atoms with Crippen LogP contribution < -0.4 is 0 Å². The Hall–Kier alpha value is -1.87. The third-order valence-corrected chi connectivity index (χ3v) is 3.70. The number of nitriles is 1. The number of hydrogen-bond donors (Lipinski definition) is 0. The molecule has 0 aliphatic rings. The molecule has 2 rings (SSSR count). The molecule has 0 aliphatic carbocycles. The fourth-order valence-electron chi connectivity index (χ4n) is 2.28. The van der Waals surface area contributed by atoms with Gasteiger partial charge in [0.25, 0.3) is 0 Å². The largest absolute Gasteiger partial charge is 0.322 e. The van der Waals surface area contributed by atoms with Gasteiger partial charge in [-0.3, -0.25) is 0 Å². The van der Waals surface area contributed by atoms with Crippen molar-refractivity contribution in [2.45, 2.75) is 32.1 Å². The summed E-state index contributed by atoms with van der Waals surface area (Å²) in [6.45, 7) is 5.99. The van der Waals surface area contributed by atoms with Gasteiger partial charge in [0.2, 0.25) is 0 Å². The number of fused-ring (bicyclic) bond motifs is 1. The second-order valence-electron chi connectivity index (χ2n) is 5.92. The molecule has 0 unspecified atom stereocenters. The molecular formula is C14H17N3O2S. The van der Waals surface area contributed by atoms with E-state index in [4.69, 9.17) is 5.26 Å². The van der Waals surface area contributed by atoms with Crippen molar-refractivity contribution in [3.63, 3.8) is 0 Å². The number of rotatable bonds is 2. The average molecular weight is 291 g/mol. The number of hydrogen-bond acceptors (Lipinski definition) is 4. The molecule has 0 saturated heterocycles. The highest BCUT2D eigenvalue weighted by Crippen LogP contribution is 2.26. The smallest absolute Gasteiger partial charge is 0.154 e. The molecule has 0 radical (unpaired) electrons. The van der Waals surface area contributed by atoms with E-state index in [2.05, 4.69) is 11.1 Å². The summed E-state index contributed by atoms with van der Waals surface area (Å²) in [5.74, 6) is 0.394. The van der Waals surface area contributed by atoms with Gasteiger partial charge in [0.1, 0.15) is 11.6 Å². The minimum absolute atomic E-state index is 0.110. The standard InChI is InChI=1S/C14H17N3O2S/c1-14(2,3)17-12-6-5-10(8-15)7-11(12)16-13(17)9-20(4,18)19/h5-7H,9H2,1-4H3. The number of benzene rings is 1. The van der Waals surface area contributed by atoms with Crippen LogP contribution >= 0.6 is 0 Å². The molecule has 1 aromatic heterocycles. The Labute approximate surface area is 118 Å². The van der Waals surface area contributed by atoms with E-state index < -0.39 is 9.84 Å². The van der Waals surface area contributed by atoms with E-state index in [0.717, 1.165) is 5.52 Å². The molecule has 1 heterocycles. The molecule has 0 amide bonds. The molecule has 0 aliphatic heterocycles. The topological polar surface area (TPSA) is 75.8 Å². The first-order valence-electron chi connectivity index (χ1n) is 6.21. The van der Waals surface area contributed by atoms with E-state index >= 15 is 0 Å². The first-order valence-corrected chi connectivity index (χ1v) is 8.27. The lowest BCUT2D eigenvalue weighted by Gasteiger charge is -2.24. The molecule has 5 nitrogen and oxygen atoms in total. The lowest BCUT2D eigenvalue weighted by molar-refractivity contribution is 0.398. The van der Waals surface area contributed by atoms with Crippen LogP contribution in [0.3, 0.4) is 0 Å². The average Bonchev–Trinajstić information content (AvgIpc) is 2.62. The molecule has 0 saturated carbocycles. The molecule has 6 heteroatoms. The van der Waals surface area contributed by atoms with Crippen LogP contribution in [0.5, 0.6) is 0 Å². The highest BCUT2D eigenvalue weighted by Gasteiger charge is 2.23. The van der Waals surface area contributed by atoms with Crippen LogP contribution in [0.1, 0.15) is 32.2 Å². The summed E-state index contributed by atoms with van der Waals surface area (Å²) in [5, 5.41) is 8.94. The Bertz CT molecular complexity index is 805. The van der Waals surface area contributed by atoms with Crippen molar-refractivity contribution in [1.29, 1.82) is 5.26 Å². The van der Waals surface area contributed by atoms with Crippen molar-refractivity contribution in [2.24, 2.45) is 0 Å². The lowest BCUT2D eigenvalue weighted by Crippen LogP contribution is -2.25. The van der Waals surface area contributed by atoms with Crippen LogP contribution in [0.15, 0.2) is 18.2 Å². The van der Waals surface area contributed by atoms with Gasteiger partial charge in [-0.2, -0.15) is 5.26 Å². The molecule has 0 N–H and O–H groups in total. The zero-order valence-corrected chi connectivity index (χ0v) is 12.8. The van der Waals surface area contributed by atoms with Gasteiger partial charge in [0.15, 0.2) is 9.84 Å². The van der Waals surface area contributed by atoms with Crippen molar-refractivity contribution in [3.8, 4) is 6.07 Å². The van der Waals surface area contributed by atoms with Crippen LogP contribution in [-0.2, 0) is 21.1 Å². The molecule has 1 aromatic carbocycles. The summed E-state index contributed by atoms with van der Waals surface area (Å²) >= 11 is 0. The minimum atomic E-state index is -3.17. The fourth-order valence-corrected chi connectivity index (χ4v) is 2.94. The first kappa shape index (κ1) is 14.5. The van der Waals surface area contributed by atoms with Gasteiger partial charge >= 0.3 is 0 Å². The van der Waals surface area contributed by atoms with Gasteiger partial charge in [-0.15, -0.1) is 0 Å². The summed E-state index contributed by atoms with van der Waals surface area (Å²) in [7, 11) is -3.17. The zero-order valence-electron chi connectivity index (χ0n) is 12.0. The Morgan fingerprint density at radius 3 is 2.50 bits per heavy atom. The van der Waals surface area contributed by atoms with Gasteiger partial charge < -0.3 is 4.57 Å². The van der Waals surface area contributed by atoms with Crippen molar-refractivity contribution in [3.05, 3.63) is 29.6 Å². The van der Waals surface area contributed by atoms with Crippen molar-refractivity contribution >= 4 is 20.9 Å². The third kappa shape index (κ3) is 2.83. The van der Waals surface area contributed by atoms with E-state index in [9.17, 15) is 8.42 Å². The summed E-state index contributed by atoms with van der Waals surface area (Å²) in [6, 6.07) is 7.29. The van der Waals surface area contributed by atoms with Gasteiger partial charge in [0.05, 0.1) is 22.7 Å². The van der Waals surface area contributed by atoms with Gasteiger partial charge in [0, 0.05) is 11.8 Å². The summed E-state index contributed by atoms with van der Waals surface area (Å²) < 4.78 is 25.1. The summed E-state index contributed by atoms with van der Waals surface area (Å²) in [6.07, 6.45) is 1.19. The molecule has 0 bridgehead atoms. The molecule has 0 atom stereocenters. The van der Waals surface area contributed by atoms with Crippen LogP contribution in [0.25, 0.3) is 11.0 Å². The maximum Gasteiger partial charge on any atom is 0.154 e. The molecule has 106 valence electrons. The normalized spacial score (nSPS) is 12.6. The minimum Gasteiger partial charge on any atom is -0.322 e. The summed E-state index contributed by atoms with van der Waals surface area (Å²) in [4.78, 5) is 4.41. The zero-order chi connectivity index (χ0) is 15.1. The van der Waals surface area contributed by atoms with Crippen molar-refractivity contribution in [1.82, 2.24) is 9.55 Å².